The van der Waals surface area contributed by atoms with Crippen molar-refractivity contribution >= 4 is 23.2 Å². The van der Waals surface area contributed by atoms with Gasteiger partial charge in [-0.15, -0.1) is 5.10 Å². The first-order valence-electron chi connectivity index (χ1n) is 5.55. The maximum Gasteiger partial charge on any atom is 0.342 e. The Morgan fingerprint density at radius 2 is 1.85 bits per heavy atom. The molecule has 0 fully saturated rings. The van der Waals surface area contributed by atoms with Crippen LogP contribution in [0.3, 0.4) is 0 Å². The van der Waals surface area contributed by atoms with Crippen molar-refractivity contribution in [3.8, 4) is 17.6 Å². The quantitative estimate of drug-likeness (QED) is 0.695. The third kappa shape index (κ3) is 2.71. The molecule has 0 saturated heterocycles. The van der Waals surface area contributed by atoms with E-state index in [-0.39, 0.29) is 22.2 Å². The molecular weight excluding hydrogens is 301 g/mol. The maximum absolute atomic E-state index is 5.90. The maximum atomic E-state index is 5.90. The van der Waals surface area contributed by atoms with Crippen LogP contribution in [0.15, 0.2) is 42.9 Å². The van der Waals surface area contributed by atoms with E-state index in [0.717, 1.165) is 5.69 Å². The van der Waals surface area contributed by atoms with Crippen molar-refractivity contribution in [3.63, 3.8) is 0 Å². The summed E-state index contributed by atoms with van der Waals surface area (Å²) in [5.74, 6) is 0.109. The molecule has 3 rings (SSSR count). The van der Waals surface area contributed by atoms with E-state index in [4.69, 9.17) is 27.9 Å². The van der Waals surface area contributed by atoms with Crippen LogP contribution in [0, 0.1) is 0 Å². The number of hydrogen-bond donors (Lipinski definition) is 0. The van der Waals surface area contributed by atoms with Gasteiger partial charge < -0.3 is 4.74 Å². The Balaban J connectivity index is 1.86. The van der Waals surface area contributed by atoms with Gasteiger partial charge in [-0.2, -0.15) is 9.97 Å². The highest BCUT2D eigenvalue weighted by molar-refractivity contribution is 6.32. The zero-order valence-corrected chi connectivity index (χ0v) is 11.5. The molecule has 1 aromatic carbocycles. The Labute approximate surface area is 124 Å². The smallest absolute Gasteiger partial charge is 0.342 e. The van der Waals surface area contributed by atoms with E-state index < -0.39 is 0 Å². The fourth-order valence-corrected chi connectivity index (χ4v) is 1.74. The predicted molar refractivity (Wildman–Crippen MR) is 73.5 cm³/mol. The van der Waals surface area contributed by atoms with Crippen molar-refractivity contribution in [1.82, 2.24) is 24.7 Å². The summed E-state index contributed by atoms with van der Waals surface area (Å²) < 4.78 is 6.96. The van der Waals surface area contributed by atoms with Gasteiger partial charge in [-0.25, -0.2) is 9.67 Å². The van der Waals surface area contributed by atoms with E-state index in [1.54, 1.807) is 4.68 Å². The van der Waals surface area contributed by atoms with Gasteiger partial charge in [0.1, 0.15) is 11.3 Å². The standard InChI is InChI=1S/C12H7Cl2N5O/c13-9-6-15-11(14)17-10(9)20-12-16-7-19(18-12)8-4-2-1-3-5-8/h1-7H. The van der Waals surface area contributed by atoms with Crippen LogP contribution in [0.2, 0.25) is 10.3 Å². The van der Waals surface area contributed by atoms with E-state index in [1.807, 2.05) is 30.3 Å². The van der Waals surface area contributed by atoms with Crippen LogP contribution in [-0.2, 0) is 0 Å². The highest BCUT2D eigenvalue weighted by atomic mass is 35.5. The SMILES string of the molecule is Clc1ncc(Cl)c(Oc2ncn(-c3ccccc3)n2)n1. The highest BCUT2D eigenvalue weighted by Crippen LogP contribution is 2.25. The molecule has 6 nitrogen and oxygen atoms in total. The Bertz CT molecular complexity index is 732. The van der Waals surface area contributed by atoms with Crippen LogP contribution in [-0.4, -0.2) is 24.7 Å². The van der Waals surface area contributed by atoms with Crippen LogP contribution in [0.5, 0.6) is 11.9 Å². The summed E-state index contributed by atoms with van der Waals surface area (Å²) in [5, 5.41) is 4.43. The Morgan fingerprint density at radius 1 is 1.05 bits per heavy atom. The molecule has 2 aromatic heterocycles. The van der Waals surface area contributed by atoms with Gasteiger partial charge in [-0.1, -0.05) is 29.8 Å². The Morgan fingerprint density at radius 3 is 2.65 bits per heavy atom. The highest BCUT2D eigenvalue weighted by Gasteiger charge is 2.10. The third-order valence-corrected chi connectivity index (χ3v) is 2.80. The first kappa shape index (κ1) is 12.8. The van der Waals surface area contributed by atoms with Crippen LogP contribution in [0.1, 0.15) is 0 Å². The van der Waals surface area contributed by atoms with E-state index >= 15 is 0 Å². The number of nitrogens with zero attached hydrogens (tertiary/aromatic N) is 5. The molecule has 0 radical (unpaired) electrons. The van der Waals surface area contributed by atoms with E-state index in [2.05, 4.69) is 20.1 Å². The number of aromatic nitrogens is 5. The second-order valence-corrected chi connectivity index (χ2v) is 4.45. The molecule has 0 amide bonds. The number of para-hydroxylation sites is 1. The fraction of sp³-hybridized carbons (Fsp3) is 0. The zero-order valence-electron chi connectivity index (χ0n) is 9.94. The summed E-state index contributed by atoms with van der Waals surface area (Å²) in [6.45, 7) is 0. The lowest BCUT2D eigenvalue weighted by Crippen LogP contribution is -1.96. The first-order chi connectivity index (χ1) is 9.72. The summed E-state index contributed by atoms with van der Waals surface area (Å²) >= 11 is 11.6. The van der Waals surface area contributed by atoms with E-state index in [9.17, 15) is 0 Å². The molecule has 100 valence electrons. The van der Waals surface area contributed by atoms with Crippen molar-refractivity contribution < 1.29 is 4.74 Å². The van der Waals surface area contributed by atoms with Gasteiger partial charge in [0.05, 0.1) is 11.9 Å². The van der Waals surface area contributed by atoms with Crippen molar-refractivity contribution in [2.75, 3.05) is 0 Å². The molecule has 0 aliphatic heterocycles. The second kappa shape index (κ2) is 5.44. The van der Waals surface area contributed by atoms with Crippen LogP contribution < -0.4 is 4.74 Å². The summed E-state index contributed by atoms with van der Waals surface area (Å²) in [4.78, 5) is 11.6. The molecule has 3 aromatic rings. The molecule has 0 aliphatic carbocycles. The van der Waals surface area contributed by atoms with Crippen molar-refractivity contribution in [2.45, 2.75) is 0 Å². The number of hydrogen-bond acceptors (Lipinski definition) is 5. The predicted octanol–water partition coefficient (Wildman–Crippen LogP) is 3.16. The largest absolute Gasteiger partial charge is 0.402 e. The second-order valence-electron chi connectivity index (χ2n) is 3.70. The lowest BCUT2D eigenvalue weighted by atomic mass is 10.3. The average Bonchev–Trinajstić information content (AvgIpc) is 2.92. The van der Waals surface area contributed by atoms with Gasteiger partial charge in [0.15, 0.2) is 0 Å². The minimum Gasteiger partial charge on any atom is -0.402 e. The van der Waals surface area contributed by atoms with Gasteiger partial charge in [-0.05, 0) is 23.7 Å². The van der Waals surface area contributed by atoms with Gasteiger partial charge in [0, 0.05) is 0 Å². The zero-order chi connectivity index (χ0) is 13.9. The minimum atomic E-state index is 0.0342. The number of benzene rings is 1. The summed E-state index contributed by atoms with van der Waals surface area (Å²) in [5.41, 5.74) is 0.863. The molecule has 0 atom stereocenters. The normalized spacial score (nSPS) is 10.5. The number of ether oxygens (including phenoxy) is 1. The molecule has 0 N–H and O–H groups in total. The molecule has 0 spiro atoms. The van der Waals surface area contributed by atoms with Gasteiger partial charge in [0.2, 0.25) is 11.2 Å². The lowest BCUT2D eigenvalue weighted by molar-refractivity contribution is 0.424. The number of halogens is 2. The van der Waals surface area contributed by atoms with Crippen LogP contribution in [0.25, 0.3) is 5.69 Å². The average molecular weight is 308 g/mol. The van der Waals surface area contributed by atoms with Crippen molar-refractivity contribution in [3.05, 3.63) is 53.2 Å². The number of rotatable bonds is 3. The summed E-state index contributed by atoms with van der Waals surface area (Å²) in [7, 11) is 0. The molecular formula is C12H7Cl2N5O. The summed E-state index contributed by atoms with van der Waals surface area (Å²) in [6, 6.07) is 9.63. The topological polar surface area (TPSA) is 65.7 Å². The van der Waals surface area contributed by atoms with Gasteiger partial charge >= 0.3 is 6.01 Å². The fourth-order valence-electron chi connectivity index (χ4n) is 1.49. The van der Waals surface area contributed by atoms with Crippen LogP contribution in [0.4, 0.5) is 0 Å². The van der Waals surface area contributed by atoms with E-state index in [0.29, 0.717) is 0 Å². The third-order valence-electron chi connectivity index (χ3n) is 2.36. The molecule has 0 unspecified atom stereocenters. The molecule has 8 heteroatoms. The minimum absolute atomic E-state index is 0.0342. The Kier molecular flexibility index (Phi) is 3.49. The summed E-state index contributed by atoms with van der Waals surface area (Å²) in [6.07, 6.45) is 2.88. The molecule has 2 heterocycles. The molecule has 0 aliphatic rings. The van der Waals surface area contributed by atoms with Crippen molar-refractivity contribution in [1.29, 1.82) is 0 Å². The van der Waals surface area contributed by atoms with Gasteiger partial charge in [0.25, 0.3) is 0 Å². The molecule has 0 bridgehead atoms. The van der Waals surface area contributed by atoms with Gasteiger partial charge in [-0.3, -0.25) is 0 Å². The van der Waals surface area contributed by atoms with Crippen molar-refractivity contribution in [2.24, 2.45) is 0 Å². The lowest BCUT2D eigenvalue weighted by Gasteiger charge is -2.02. The molecule has 0 saturated carbocycles. The molecule has 20 heavy (non-hydrogen) atoms. The van der Waals surface area contributed by atoms with E-state index in [1.165, 1.54) is 12.5 Å². The Hall–Kier alpha value is -2.18. The van der Waals surface area contributed by atoms with Crippen LogP contribution >= 0.6 is 23.2 Å². The monoisotopic (exact) mass is 307 g/mol. The first-order valence-corrected chi connectivity index (χ1v) is 6.31.